The van der Waals surface area contributed by atoms with Gasteiger partial charge in [-0.25, -0.2) is 4.79 Å². The highest BCUT2D eigenvalue weighted by atomic mass is 35.5. The molecule has 0 radical (unpaired) electrons. The Morgan fingerprint density at radius 3 is 2.38 bits per heavy atom. The second kappa shape index (κ2) is 12.7. The number of benzene rings is 4. The number of nitriles is 1. The van der Waals surface area contributed by atoms with Crippen LogP contribution in [0.3, 0.4) is 0 Å². The smallest absolute Gasteiger partial charge is 0.352 e. The first kappa shape index (κ1) is 28.6. The average Bonchev–Trinajstić information content (AvgIpc) is 3.00. The van der Waals surface area contributed by atoms with Gasteiger partial charge in [-0.3, -0.25) is 0 Å². The van der Waals surface area contributed by atoms with E-state index in [1.54, 1.807) is 25.1 Å². The fourth-order valence-corrected chi connectivity index (χ4v) is 4.82. The third-order valence-corrected chi connectivity index (χ3v) is 7.32. The van der Waals surface area contributed by atoms with E-state index in [-0.39, 0.29) is 17.2 Å². The fourth-order valence-electron chi connectivity index (χ4n) is 4.63. The zero-order valence-electron chi connectivity index (χ0n) is 23.2. The molecule has 1 heterocycles. The van der Waals surface area contributed by atoms with Crippen molar-refractivity contribution in [3.63, 3.8) is 0 Å². The molecule has 1 aliphatic heterocycles. The number of hydrogen-bond acceptors (Lipinski definition) is 7. The normalized spacial score (nSPS) is 14.7. The van der Waals surface area contributed by atoms with Crippen molar-refractivity contribution in [3.05, 3.63) is 130 Å². The summed E-state index contributed by atoms with van der Waals surface area (Å²) in [5.41, 5.74) is 10.0. The van der Waals surface area contributed by atoms with Crippen LogP contribution in [-0.2, 0) is 17.8 Å². The van der Waals surface area contributed by atoms with E-state index < -0.39 is 18.0 Å². The number of allylic oxidation sites excluding steroid dienone is 1. The summed E-state index contributed by atoms with van der Waals surface area (Å²) in [6.45, 7) is 4.02. The molecule has 0 bridgehead atoms. The van der Waals surface area contributed by atoms with Crippen molar-refractivity contribution in [1.29, 1.82) is 5.26 Å². The molecule has 2 unspecified atom stereocenters. The van der Waals surface area contributed by atoms with Crippen LogP contribution in [0.15, 0.2) is 102 Å². The summed E-state index contributed by atoms with van der Waals surface area (Å²) in [7, 11) is 0. The monoisotopic (exact) mass is 580 g/mol. The highest BCUT2D eigenvalue weighted by Gasteiger charge is 2.31. The van der Waals surface area contributed by atoms with Crippen molar-refractivity contribution in [2.45, 2.75) is 38.9 Å². The summed E-state index contributed by atoms with van der Waals surface area (Å²) in [4.78, 5) is 12.8. The van der Waals surface area contributed by atoms with Gasteiger partial charge in [0.25, 0.3) is 0 Å². The van der Waals surface area contributed by atoms with E-state index in [1.807, 2.05) is 72.8 Å². The third kappa shape index (κ3) is 6.35. The molecule has 4 aromatic rings. The number of hydrogen-bond donors (Lipinski definition) is 1. The molecule has 0 spiro atoms. The quantitative estimate of drug-likeness (QED) is 0.167. The highest BCUT2D eigenvalue weighted by molar-refractivity contribution is 6.31. The van der Waals surface area contributed by atoms with Gasteiger partial charge < -0.3 is 24.7 Å². The van der Waals surface area contributed by atoms with Crippen LogP contribution >= 0.6 is 11.6 Å². The number of aryl methyl sites for hydroxylation is 1. The lowest BCUT2D eigenvalue weighted by Gasteiger charge is -2.27. The number of rotatable bonds is 9. The van der Waals surface area contributed by atoms with Gasteiger partial charge in [-0.05, 0) is 60.9 Å². The molecule has 212 valence electrons. The molecule has 2 atom stereocenters. The summed E-state index contributed by atoms with van der Waals surface area (Å²) < 4.78 is 23.0. The van der Waals surface area contributed by atoms with Crippen LogP contribution < -0.4 is 24.7 Å². The Morgan fingerprint density at radius 1 is 1.00 bits per heavy atom. The molecule has 0 aromatic heterocycles. The van der Waals surface area contributed by atoms with Gasteiger partial charge in [-0.15, -0.1) is 0 Å². The summed E-state index contributed by atoms with van der Waals surface area (Å²) in [6, 6.07) is 29.7. The minimum atomic E-state index is -0.837. The summed E-state index contributed by atoms with van der Waals surface area (Å²) in [5.74, 6) is 0.849. The number of ether oxygens (including phenoxy) is 4. The first-order valence-electron chi connectivity index (χ1n) is 13.5. The van der Waals surface area contributed by atoms with Crippen LogP contribution in [0.25, 0.3) is 0 Å². The maximum atomic E-state index is 12.8. The lowest BCUT2D eigenvalue weighted by atomic mass is 9.83. The Hall–Kier alpha value is -4.93. The summed E-state index contributed by atoms with van der Waals surface area (Å²) >= 11 is 6.23. The molecule has 0 fully saturated rings. The number of fused-ring (bicyclic) bond motifs is 1. The highest BCUT2D eigenvalue weighted by Crippen LogP contribution is 2.43. The fraction of sp³-hybridized carbons (Fsp3) is 0.176. The summed E-state index contributed by atoms with van der Waals surface area (Å²) in [6.07, 6.45) is 0.0785. The van der Waals surface area contributed by atoms with Crippen molar-refractivity contribution in [1.82, 2.24) is 0 Å². The van der Waals surface area contributed by atoms with E-state index in [2.05, 4.69) is 13.0 Å². The van der Waals surface area contributed by atoms with Crippen LogP contribution in [-0.4, -0.2) is 12.1 Å². The van der Waals surface area contributed by atoms with Gasteiger partial charge in [0, 0.05) is 22.2 Å². The van der Waals surface area contributed by atoms with Crippen LogP contribution in [0.1, 0.15) is 42.0 Å². The number of halogens is 1. The minimum absolute atomic E-state index is 0.00949. The van der Waals surface area contributed by atoms with Crippen molar-refractivity contribution < 1.29 is 23.7 Å². The van der Waals surface area contributed by atoms with E-state index in [0.29, 0.717) is 34.4 Å². The molecule has 4 aromatic carbocycles. The van der Waals surface area contributed by atoms with Gasteiger partial charge in [0.1, 0.15) is 41.2 Å². The lowest BCUT2D eigenvalue weighted by Crippen LogP contribution is -2.28. The second-order valence-corrected chi connectivity index (χ2v) is 10.2. The van der Waals surface area contributed by atoms with Gasteiger partial charge in [-0.2, -0.15) is 5.26 Å². The van der Waals surface area contributed by atoms with Crippen LogP contribution in [0.5, 0.6) is 23.0 Å². The summed E-state index contributed by atoms with van der Waals surface area (Å²) in [5, 5.41) is 10.5. The Balaban J connectivity index is 1.31. The van der Waals surface area contributed by atoms with E-state index >= 15 is 0 Å². The third-order valence-electron chi connectivity index (χ3n) is 6.95. The van der Waals surface area contributed by atoms with Gasteiger partial charge in [0.15, 0.2) is 6.10 Å². The number of carbonyl (C=O) groups excluding carboxylic acids is 1. The van der Waals surface area contributed by atoms with Crippen molar-refractivity contribution in [2.24, 2.45) is 5.73 Å². The minimum Gasteiger partial charge on any atom is -0.489 e. The van der Waals surface area contributed by atoms with Gasteiger partial charge >= 0.3 is 5.97 Å². The molecule has 42 heavy (non-hydrogen) atoms. The molecule has 0 amide bonds. The molecule has 1 aliphatic rings. The Morgan fingerprint density at radius 2 is 1.69 bits per heavy atom. The zero-order chi connectivity index (χ0) is 29.6. The first-order valence-corrected chi connectivity index (χ1v) is 13.9. The van der Waals surface area contributed by atoms with Gasteiger partial charge in [0.05, 0.1) is 5.92 Å². The second-order valence-electron chi connectivity index (χ2n) is 9.75. The number of nitrogens with zero attached hydrogens (tertiary/aromatic N) is 1. The van der Waals surface area contributed by atoms with Crippen LogP contribution in [0.2, 0.25) is 5.02 Å². The number of nitrogens with two attached hydrogens (primary N) is 1. The molecule has 0 aliphatic carbocycles. The predicted molar refractivity (Wildman–Crippen MR) is 160 cm³/mol. The Bertz CT molecular complexity index is 1660. The maximum Gasteiger partial charge on any atom is 0.352 e. The average molecular weight is 581 g/mol. The zero-order valence-corrected chi connectivity index (χ0v) is 23.9. The van der Waals surface area contributed by atoms with E-state index in [0.717, 1.165) is 17.5 Å². The molecule has 5 rings (SSSR count). The maximum absolute atomic E-state index is 12.8. The molecular formula is C34H29ClN2O5. The molecule has 7 nitrogen and oxygen atoms in total. The van der Waals surface area contributed by atoms with Crippen LogP contribution in [0.4, 0.5) is 0 Å². The molecular weight excluding hydrogens is 552 g/mol. The molecule has 2 N–H and O–H groups in total. The Kier molecular flexibility index (Phi) is 8.66. The predicted octanol–water partition coefficient (Wildman–Crippen LogP) is 7.07. The first-order chi connectivity index (χ1) is 20.4. The van der Waals surface area contributed by atoms with E-state index in [1.165, 1.54) is 5.56 Å². The Labute approximate surface area is 249 Å². The van der Waals surface area contributed by atoms with Crippen molar-refractivity contribution >= 4 is 17.6 Å². The molecule has 0 saturated heterocycles. The topological polar surface area (TPSA) is 104 Å². The van der Waals surface area contributed by atoms with E-state index in [9.17, 15) is 10.1 Å². The van der Waals surface area contributed by atoms with Gasteiger partial charge in [-0.1, -0.05) is 67.1 Å². The SMILES string of the molecule is CCc1ccc(OC(C)C(=O)Oc2ccc3c(c2)OC(N)=C(C#N)C3c2ccc(OCc3ccccc3Cl)cc2)cc1. The molecule has 0 saturated carbocycles. The van der Waals surface area contributed by atoms with Crippen molar-refractivity contribution in [2.75, 3.05) is 0 Å². The largest absolute Gasteiger partial charge is 0.489 e. The number of carbonyl (C=O) groups is 1. The molecule has 8 heteroatoms. The van der Waals surface area contributed by atoms with Gasteiger partial charge in [0.2, 0.25) is 5.88 Å². The standard InChI is InChI=1S/C34H29ClN2O5/c1-3-22-8-12-26(13-9-22)40-21(2)34(38)41-27-16-17-28-31(18-27)42-33(37)29(19-36)32(28)23-10-14-25(15-11-23)39-20-24-6-4-5-7-30(24)35/h4-18,21,32H,3,20,37H2,1-2H3. The number of esters is 1. The van der Waals surface area contributed by atoms with Crippen molar-refractivity contribution in [3.8, 4) is 29.1 Å². The van der Waals surface area contributed by atoms with Crippen LogP contribution in [0, 0.1) is 11.3 Å². The van der Waals surface area contributed by atoms with E-state index in [4.69, 9.17) is 36.3 Å². The lowest BCUT2D eigenvalue weighted by molar-refractivity contribution is -0.141.